The van der Waals surface area contributed by atoms with Crippen molar-refractivity contribution >= 4 is 15.9 Å². The van der Waals surface area contributed by atoms with Crippen molar-refractivity contribution in [2.24, 2.45) is 11.7 Å². The average molecular weight is 339 g/mol. The first kappa shape index (κ1) is 16.0. The largest absolute Gasteiger partial charge is 0.329 e. The molecule has 1 aromatic rings. The van der Waals surface area contributed by atoms with Gasteiger partial charge in [0.15, 0.2) is 0 Å². The number of rotatable bonds is 6. The van der Waals surface area contributed by atoms with Crippen LogP contribution in [0, 0.1) is 5.92 Å². The van der Waals surface area contributed by atoms with E-state index in [1.165, 1.54) is 31.2 Å². The Kier molecular flexibility index (Phi) is 6.06. The van der Waals surface area contributed by atoms with E-state index in [1.54, 1.807) is 0 Å². The van der Waals surface area contributed by atoms with E-state index >= 15 is 0 Å². The first-order chi connectivity index (χ1) is 9.61. The third kappa shape index (κ3) is 4.06. The van der Waals surface area contributed by atoms with Crippen LogP contribution in [-0.2, 0) is 0 Å². The van der Waals surface area contributed by atoms with E-state index in [-0.39, 0.29) is 0 Å². The van der Waals surface area contributed by atoms with Crippen molar-refractivity contribution in [3.05, 3.63) is 34.3 Å². The Bertz CT molecular complexity index is 413. The zero-order valence-electron chi connectivity index (χ0n) is 12.7. The smallest absolute Gasteiger partial charge is 0.0473 e. The molecule has 2 rings (SSSR count). The number of hydrogen-bond donors (Lipinski definition) is 1. The Balaban J connectivity index is 2.23. The normalized spacial score (nSPS) is 18.1. The van der Waals surface area contributed by atoms with Crippen LogP contribution in [0.25, 0.3) is 0 Å². The van der Waals surface area contributed by atoms with Crippen molar-refractivity contribution < 1.29 is 0 Å². The van der Waals surface area contributed by atoms with Gasteiger partial charge in [-0.3, -0.25) is 4.90 Å². The zero-order chi connectivity index (χ0) is 14.5. The maximum absolute atomic E-state index is 6.14. The van der Waals surface area contributed by atoms with Crippen molar-refractivity contribution in [3.63, 3.8) is 0 Å². The lowest BCUT2D eigenvalue weighted by Crippen LogP contribution is -2.42. The van der Waals surface area contributed by atoms with Gasteiger partial charge in [0.05, 0.1) is 0 Å². The monoisotopic (exact) mass is 338 g/mol. The fourth-order valence-electron chi connectivity index (χ4n) is 3.37. The molecular weight excluding hydrogens is 312 g/mol. The summed E-state index contributed by atoms with van der Waals surface area (Å²) < 4.78 is 1.14. The van der Waals surface area contributed by atoms with Crippen LogP contribution in [0.4, 0.5) is 0 Å². The van der Waals surface area contributed by atoms with Crippen LogP contribution in [0.5, 0.6) is 0 Å². The summed E-state index contributed by atoms with van der Waals surface area (Å²) in [6, 6.07) is 9.69. The van der Waals surface area contributed by atoms with Gasteiger partial charge in [-0.25, -0.2) is 0 Å². The highest BCUT2D eigenvalue weighted by molar-refractivity contribution is 9.10. The first-order valence-electron chi connectivity index (χ1n) is 7.83. The third-order valence-corrected chi connectivity index (χ3v) is 4.72. The highest BCUT2D eigenvalue weighted by atomic mass is 79.9. The molecule has 112 valence electrons. The van der Waals surface area contributed by atoms with Crippen molar-refractivity contribution in [2.45, 2.75) is 51.6 Å². The summed E-state index contributed by atoms with van der Waals surface area (Å²) in [7, 11) is 0. The molecule has 0 spiro atoms. The van der Waals surface area contributed by atoms with Crippen LogP contribution in [0.15, 0.2) is 28.7 Å². The molecule has 1 atom stereocenters. The molecule has 1 unspecified atom stereocenters. The van der Waals surface area contributed by atoms with Crippen LogP contribution < -0.4 is 5.73 Å². The number of nitrogens with two attached hydrogens (primary N) is 1. The van der Waals surface area contributed by atoms with Crippen LogP contribution in [0.2, 0.25) is 0 Å². The third-order valence-electron chi connectivity index (χ3n) is 4.23. The molecule has 1 aliphatic rings. The Morgan fingerprint density at radius 1 is 1.30 bits per heavy atom. The SMILES string of the molecule is CC(C)CN(C1CCCC1)C(CN)c1cccc(Br)c1. The van der Waals surface area contributed by atoms with Gasteiger partial charge in [0, 0.05) is 29.6 Å². The Morgan fingerprint density at radius 3 is 2.55 bits per heavy atom. The molecule has 2 nitrogen and oxygen atoms in total. The summed E-state index contributed by atoms with van der Waals surface area (Å²) in [5.41, 5.74) is 7.48. The van der Waals surface area contributed by atoms with Gasteiger partial charge < -0.3 is 5.73 Å². The molecule has 1 saturated carbocycles. The number of halogens is 1. The van der Waals surface area contributed by atoms with Gasteiger partial charge in [0.1, 0.15) is 0 Å². The molecule has 2 N–H and O–H groups in total. The highest BCUT2D eigenvalue weighted by Crippen LogP contribution is 2.32. The van der Waals surface area contributed by atoms with Gasteiger partial charge in [-0.2, -0.15) is 0 Å². The molecule has 1 aliphatic carbocycles. The topological polar surface area (TPSA) is 29.3 Å². The molecule has 0 heterocycles. The predicted molar refractivity (Wildman–Crippen MR) is 89.7 cm³/mol. The molecule has 0 amide bonds. The lowest BCUT2D eigenvalue weighted by Gasteiger charge is -2.37. The van der Waals surface area contributed by atoms with E-state index < -0.39 is 0 Å². The van der Waals surface area contributed by atoms with E-state index in [4.69, 9.17) is 5.73 Å². The van der Waals surface area contributed by atoms with Gasteiger partial charge in [-0.1, -0.05) is 54.8 Å². The second kappa shape index (κ2) is 7.58. The second-order valence-corrected chi connectivity index (χ2v) is 7.25. The van der Waals surface area contributed by atoms with E-state index in [2.05, 4.69) is 58.9 Å². The average Bonchev–Trinajstić information content (AvgIpc) is 2.92. The molecular formula is C17H27BrN2. The van der Waals surface area contributed by atoms with Gasteiger partial charge in [0.2, 0.25) is 0 Å². The summed E-state index contributed by atoms with van der Waals surface area (Å²) in [5, 5.41) is 0. The Morgan fingerprint density at radius 2 is 2.00 bits per heavy atom. The van der Waals surface area contributed by atoms with Crippen molar-refractivity contribution in [1.82, 2.24) is 4.90 Å². The van der Waals surface area contributed by atoms with E-state index in [0.29, 0.717) is 24.5 Å². The van der Waals surface area contributed by atoms with Crippen LogP contribution >= 0.6 is 15.9 Å². The minimum absolute atomic E-state index is 0.345. The first-order valence-corrected chi connectivity index (χ1v) is 8.62. The fourth-order valence-corrected chi connectivity index (χ4v) is 3.78. The lowest BCUT2D eigenvalue weighted by molar-refractivity contribution is 0.121. The quantitative estimate of drug-likeness (QED) is 0.835. The molecule has 1 fully saturated rings. The maximum Gasteiger partial charge on any atom is 0.0473 e. The summed E-state index contributed by atoms with van der Waals surface area (Å²) in [5.74, 6) is 0.678. The molecule has 1 aromatic carbocycles. The molecule has 0 aromatic heterocycles. The standard InChI is InChI=1S/C17H27BrN2/c1-13(2)12-20(16-8-3-4-9-16)17(11-19)14-6-5-7-15(18)10-14/h5-7,10,13,16-17H,3-4,8-9,11-12,19H2,1-2H3. The van der Waals surface area contributed by atoms with Gasteiger partial charge >= 0.3 is 0 Å². The Hall–Kier alpha value is -0.380. The van der Waals surface area contributed by atoms with Crippen molar-refractivity contribution in [2.75, 3.05) is 13.1 Å². The van der Waals surface area contributed by atoms with Crippen molar-refractivity contribution in [3.8, 4) is 0 Å². The summed E-state index contributed by atoms with van der Waals surface area (Å²) in [4.78, 5) is 2.67. The zero-order valence-corrected chi connectivity index (χ0v) is 14.3. The summed E-state index contributed by atoms with van der Waals surface area (Å²) >= 11 is 3.58. The van der Waals surface area contributed by atoms with Crippen LogP contribution in [0.1, 0.15) is 51.1 Å². The number of benzene rings is 1. The molecule has 3 heteroatoms. The molecule has 0 saturated heterocycles. The highest BCUT2D eigenvalue weighted by Gasteiger charge is 2.29. The lowest BCUT2D eigenvalue weighted by atomic mass is 10.0. The number of nitrogens with zero attached hydrogens (tertiary/aromatic N) is 1. The minimum Gasteiger partial charge on any atom is -0.329 e. The van der Waals surface area contributed by atoms with E-state index in [9.17, 15) is 0 Å². The fraction of sp³-hybridized carbons (Fsp3) is 0.647. The predicted octanol–water partition coefficient (Wildman–Crippen LogP) is 4.35. The van der Waals surface area contributed by atoms with Gasteiger partial charge in [-0.15, -0.1) is 0 Å². The van der Waals surface area contributed by atoms with E-state index in [0.717, 1.165) is 11.0 Å². The van der Waals surface area contributed by atoms with Gasteiger partial charge in [0.25, 0.3) is 0 Å². The summed E-state index contributed by atoms with van der Waals surface area (Å²) in [6.45, 7) is 6.44. The van der Waals surface area contributed by atoms with Crippen molar-refractivity contribution in [1.29, 1.82) is 0 Å². The molecule has 0 radical (unpaired) electrons. The Labute approximate surface area is 131 Å². The van der Waals surface area contributed by atoms with Crippen LogP contribution in [-0.4, -0.2) is 24.0 Å². The summed E-state index contributed by atoms with van der Waals surface area (Å²) in [6.07, 6.45) is 5.40. The minimum atomic E-state index is 0.345. The van der Waals surface area contributed by atoms with Crippen LogP contribution in [0.3, 0.4) is 0 Å². The molecule has 0 aliphatic heterocycles. The van der Waals surface area contributed by atoms with E-state index in [1.807, 2.05) is 0 Å². The number of hydrogen-bond acceptors (Lipinski definition) is 2. The second-order valence-electron chi connectivity index (χ2n) is 6.34. The molecule has 0 bridgehead atoms. The van der Waals surface area contributed by atoms with Gasteiger partial charge in [-0.05, 0) is 36.5 Å². The maximum atomic E-state index is 6.14. The molecule has 20 heavy (non-hydrogen) atoms.